The Hall–Kier alpha value is -1.38. The van der Waals surface area contributed by atoms with Crippen molar-refractivity contribution < 1.29 is 4.92 Å². The average molecular weight is 207 g/mol. The van der Waals surface area contributed by atoms with Crippen LogP contribution in [0.3, 0.4) is 0 Å². The van der Waals surface area contributed by atoms with E-state index >= 15 is 0 Å². The van der Waals surface area contributed by atoms with Crippen LogP contribution in [0.4, 0.5) is 0 Å². The SMILES string of the molecule is CCCC[C@H](C[N+](=O)[O-])c1ccccc1. The lowest BCUT2D eigenvalue weighted by molar-refractivity contribution is -0.483. The van der Waals surface area contributed by atoms with Crippen LogP contribution in [0.1, 0.15) is 37.7 Å². The van der Waals surface area contributed by atoms with E-state index in [1.165, 1.54) is 0 Å². The monoisotopic (exact) mass is 207 g/mol. The predicted octanol–water partition coefficient (Wildman–Crippen LogP) is 3.24. The molecule has 3 nitrogen and oxygen atoms in total. The highest BCUT2D eigenvalue weighted by atomic mass is 16.6. The molecule has 0 spiro atoms. The summed E-state index contributed by atoms with van der Waals surface area (Å²) >= 11 is 0. The van der Waals surface area contributed by atoms with Gasteiger partial charge < -0.3 is 0 Å². The van der Waals surface area contributed by atoms with E-state index in [9.17, 15) is 10.1 Å². The second kappa shape index (κ2) is 6.17. The van der Waals surface area contributed by atoms with Crippen molar-refractivity contribution in [2.24, 2.45) is 0 Å². The first-order valence-corrected chi connectivity index (χ1v) is 5.40. The number of hydrogen-bond donors (Lipinski definition) is 0. The Kier molecular flexibility index (Phi) is 4.81. The van der Waals surface area contributed by atoms with E-state index in [2.05, 4.69) is 6.92 Å². The minimum absolute atomic E-state index is 0.0456. The molecule has 0 fully saturated rings. The van der Waals surface area contributed by atoms with Crippen LogP contribution in [0.25, 0.3) is 0 Å². The average Bonchev–Trinajstić information content (AvgIpc) is 2.25. The highest BCUT2D eigenvalue weighted by Crippen LogP contribution is 2.21. The molecule has 0 aliphatic rings. The van der Waals surface area contributed by atoms with E-state index in [0.29, 0.717) is 0 Å². The molecule has 0 unspecified atom stereocenters. The zero-order chi connectivity index (χ0) is 11.1. The fraction of sp³-hybridized carbons (Fsp3) is 0.500. The Morgan fingerprint density at radius 2 is 2.00 bits per heavy atom. The van der Waals surface area contributed by atoms with Crippen LogP contribution in [0.2, 0.25) is 0 Å². The van der Waals surface area contributed by atoms with Gasteiger partial charge in [0.1, 0.15) is 0 Å². The third-order valence-electron chi connectivity index (χ3n) is 2.55. The lowest BCUT2D eigenvalue weighted by Crippen LogP contribution is -2.12. The lowest BCUT2D eigenvalue weighted by Gasteiger charge is -2.12. The summed E-state index contributed by atoms with van der Waals surface area (Å²) in [4.78, 5) is 10.3. The molecular formula is C12H17NO2. The number of unbranched alkanes of at least 4 members (excludes halogenated alkanes) is 1. The van der Waals surface area contributed by atoms with Crippen LogP contribution < -0.4 is 0 Å². The fourth-order valence-corrected chi connectivity index (χ4v) is 1.72. The van der Waals surface area contributed by atoms with Gasteiger partial charge in [-0.3, -0.25) is 10.1 Å². The summed E-state index contributed by atoms with van der Waals surface area (Å²) in [5, 5.41) is 10.6. The van der Waals surface area contributed by atoms with Crippen molar-refractivity contribution in [1.82, 2.24) is 0 Å². The molecule has 1 atom stereocenters. The minimum Gasteiger partial charge on any atom is -0.265 e. The Morgan fingerprint density at radius 1 is 1.33 bits per heavy atom. The van der Waals surface area contributed by atoms with Crippen molar-refractivity contribution in [3.63, 3.8) is 0 Å². The van der Waals surface area contributed by atoms with Crippen LogP contribution in [-0.2, 0) is 0 Å². The van der Waals surface area contributed by atoms with Crippen molar-refractivity contribution in [3.05, 3.63) is 46.0 Å². The summed E-state index contributed by atoms with van der Waals surface area (Å²) in [5.41, 5.74) is 1.09. The maximum Gasteiger partial charge on any atom is 0.210 e. The predicted molar refractivity (Wildman–Crippen MR) is 60.6 cm³/mol. The summed E-state index contributed by atoms with van der Waals surface area (Å²) in [6, 6.07) is 9.77. The molecule has 1 rings (SSSR count). The molecule has 0 radical (unpaired) electrons. The van der Waals surface area contributed by atoms with Gasteiger partial charge in [-0.25, -0.2) is 0 Å². The van der Waals surface area contributed by atoms with Gasteiger partial charge in [-0.05, 0) is 12.0 Å². The second-order valence-corrected chi connectivity index (χ2v) is 3.77. The third-order valence-corrected chi connectivity index (χ3v) is 2.55. The van der Waals surface area contributed by atoms with Crippen LogP contribution in [0.15, 0.2) is 30.3 Å². The largest absolute Gasteiger partial charge is 0.265 e. The molecule has 0 N–H and O–H groups in total. The molecule has 0 saturated carbocycles. The Labute approximate surface area is 90.3 Å². The molecule has 82 valence electrons. The molecule has 0 aliphatic carbocycles. The molecular weight excluding hydrogens is 190 g/mol. The standard InChI is InChI=1S/C12H17NO2/c1-2-3-7-12(10-13(14)15)11-8-5-4-6-9-11/h4-6,8-9,12H,2-3,7,10H2,1H3/t12-/m1/s1. The number of nitro groups is 1. The van der Waals surface area contributed by atoms with Gasteiger partial charge in [-0.1, -0.05) is 50.1 Å². The molecule has 0 bridgehead atoms. The van der Waals surface area contributed by atoms with E-state index in [4.69, 9.17) is 0 Å². The first kappa shape index (κ1) is 11.7. The Balaban J connectivity index is 2.67. The maximum absolute atomic E-state index is 10.6. The Morgan fingerprint density at radius 3 is 2.53 bits per heavy atom. The number of rotatable bonds is 6. The molecule has 0 saturated heterocycles. The highest BCUT2D eigenvalue weighted by Gasteiger charge is 2.16. The lowest BCUT2D eigenvalue weighted by atomic mass is 9.94. The first-order chi connectivity index (χ1) is 7.24. The molecule has 0 aromatic heterocycles. The molecule has 1 aromatic carbocycles. The van der Waals surface area contributed by atoms with E-state index < -0.39 is 0 Å². The zero-order valence-electron chi connectivity index (χ0n) is 9.06. The van der Waals surface area contributed by atoms with E-state index in [-0.39, 0.29) is 17.4 Å². The van der Waals surface area contributed by atoms with Crippen molar-refractivity contribution in [1.29, 1.82) is 0 Å². The molecule has 0 aliphatic heterocycles. The van der Waals surface area contributed by atoms with Gasteiger partial charge in [0.05, 0.1) is 0 Å². The van der Waals surface area contributed by atoms with Crippen LogP contribution in [0.5, 0.6) is 0 Å². The topological polar surface area (TPSA) is 43.1 Å². The van der Waals surface area contributed by atoms with Gasteiger partial charge in [0.2, 0.25) is 6.54 Å². The van der Waals surface area contributed by atoms with Gasteiger partial charge in [0.15, 0.2) is 0 Å². The van der Waals surface area contributed by atoms with Crippen molar-refractivity contribution in [2.45, 2.75) is 32.1 Å². The maximum atomic E-state index is 10.6. The summed E-state index contributed by atoms with van der Waals surface area (Å²) in [6.07, 6.45) is 3.04. The van der Waals surface area contributed by atoms with Crippen LogP contribution in [-0.4, -0.2) is 11.5 Å². The van der Waals surface area contributed by atoms with Gasteiger partial charge in [-0.15, -0.1) is 0 Å². The number of hydrogen-bond acceptors (Lipinski definition) is 2. The van der Waals surface area contributed by atoms with Crippen molar-refractivity contribution in [3.8, 4) is 0 Å². The summed E-state index contributed by atoms with van der Waals surface area (Å²) in [7, 11) is 0. The van der Waals surface area contributed by atoms with Gasteiger partial charge in [-0.2, -0.15) is 0 Å². The molecule has 3 heteroatoms. The minimum atomic E-state index is -0.215. The summed E-state index contributed by atoms with van der Waals surface area (Å²) in [6.45, 7) is 2.15. The van der Waals surface area contributed by atoms with Crippen molar-refractivity contribution >= 4 is 0 Å². The number of nitrogens with zero attached hydrogens (tertiary/aromatic N) is 1. The van der Waals surface area contributed by atoms with Gasteiger partial charge in [0, 0.05) is 10.8 Å². The smallest absolute Gasteiger partial charge is 0.210 e. The normalized spacial score (nSPS) is 12.3. The second-order valence-electron chi connectivity index (χ2n) is 3.77. The van der Waals surface area contributed by atoms with Crippen LogP contribution >= 0.6 is 0 Å². The number of benzene rings is 1. The van der Waals surface area contributed by atoms with Gasteiger partial charge >= 0.3 is 0 Å². The molecule has 15 heavy (non-hydrogen) atoms. The fourth-order valence-electron chi connectivity index (χ4n) is 1.72. The molecule has 1 aromatic rings. The van der Waals surface area contributed by atoms with E-state index in [1.54, 1.807) is 0 Å². The summed E-state index contributed by atoms with van der Waals surface area (Å²) < 4.78 is 0. The third kappa shape index (κ3) is 4.11. The quantitative estimate of drug-likeness (QED) is 0.531. The Bertz CT molecular complexity index is 298. The molecule has 0 heterocycles. The van der Waals surface area contributed by atoms with Crippen molar-refractivity contribution in [2.75, 3.05) is 6.54 Å². The van der Waals surface area contributed by atoms with Crippen LogP contribution in [0, 0.1) is 10.1 Å². The first-order valence-electron chi connectivity index (χ1n) is 5.40. The zero-order valence-corrected chi connectivity index (χ0v) is 9.06. The van der Waals surface area contributed by atoms with E-state index in [0.717, 1.165) is 24.8 Å². The van der Waals surface area contributed by atoms with Gasteiger partial charge in [0.25, 0.3) is 0 Å². The molecule has 0 amide bonds. The highest BCUT2D eigenvalue weighted by molar-refractivity contribution is 5.19. The summed E-state index contributed by atoms with van der Waals surface area (Å²) in [5.74, 6) is 0.0705. The van der Waals surface area contributed by atoms with E-state index in [1.807, 2.05) is 30.3 Å².